The van der Waals surface area contributed by atoms with Crippen LogP contribution in [0, 0.1) is 0 Å². The molecule has 5 heteroatoms. The van der Waals surface area contributed by atoms with Gasteiger partial charge in [0.25, 0.3) is 0 Å². The Labute approximate surface area is 148 Å². The number of amides is 1. The van der Waals surface area contributed by atoms with Gasteiger partial charge >= 0.3 is 0 Å². The molecule has 2 aliphatic heterocycles. The Morgan fingerprint density at radius 1 is 1.16 bits per heavy atom. The molecule has 0 radical (unpaired) electrons. The third kappa shape index (κ3) is 2.99. The van der Waals surface area contributed by atoms with Crippen LogP contribution in [0.2, 0.25) is 0 Å². The quantitative estimate of drug-likeness (QED) is 0.846. The van der Waals surface area contributed by atoms with Gasteiger partial charge in [-0.05, 0) is 24.8 Å². The Morgan fingerprint density at radius 3 is 2.72 bits per heavy atom. The zero-order valence-electron chi connectivity index (χ0n) is 14.6. The highest BCUT2D eigenvalue weighted by Crippen LogP contribution is 2.41. The maximum absolute atomic E-state index is 12.4. The molecule has 3 atom stereocenters. The molecule has 25 heavy (non-hydrogen) atoms. The lowest BCUT2D eigenvalue weighted by atomic mass is 9.89. The second-order valence-electron chi connectivity index (χ2n) is 7.00. The first kappa shape index (κ1) is 16.1. The third-order valence-corrected chi connectivity index (χ3v) is 5.59. The van der Waals surface area contributed by atoms with Crippen molar-refractivity contribution >= 4 is 11.7 Å². The van der Waals surface area contributed by atoms with Crippen LogP contribution in [0.3, 0.4) is 0 Å². The molecule has 5 nitrogen and oxygen atoms in total. The summed E-state index contributed by atoms with van der Waals surface area (Å²) in [6, 6.07) is 11.1. The van der Waals surface area contributed by atoms with E-state index >= 15 is 0 Å². The first-order valence-electron chi connectivity index (χ1n) is 9.10. The number of hydrogen-bond acceptors (Lipinski definition) is 4. The van der Waals surface area contributed by atoms with Gasteiger partial charge in [-0.1, -0.05) is 30.3 Å². The van der Waals surface area contributed by atoms with Crippen molar-refractivity contribution in [2.45, 2.75) is 44.2 Å². The van der Waals surface area contributed by atoms with Crippen LogP contribution in [0.1, 0.15) is 37.7 Å². The molecule has 0 aliphatic carbocycles. The topological polar surface area (TPSA) is 49.3 Å². The van der Waals surface area contributed by atoms with Crippen LogP contribution >= 0.6 is 0 Å². The van der Waals surface area contributed by atoms with Gasteiger partial charge < -0.3 is 9.80 Å². The number of rotatable bonds is 2. The third-order valence-electron chi connectivity index (χ3n) is 5.59. The number of fused-ring (bicyclic) bond motifs is 1. The van der Waals surface area contributed by atoms with E-state index in [1.165, 1.54) is 5.56 Å². The fourth-order valence-corrected chi connectivity index (χ4v) is 4.52. The van der Waals surface area contributed by atoms with Crippen LogP contribution in [0.5, 0.6) is 0 Å². The molecule has 1 amide bonds. The zero-order chi connectivity index (χ0) is 17.2. The first-order chi connectivity index (χ1) is 12.3. The average Bonchev–Trinajstić information content (AvgIpc) is 2.88. The van der Waals surface area contributed by atoms with E-state index in [2.05, 4.69) is 44.0 Å². The van der Waals surface area contributed by atoms with Gasteiger partial charge in [-0.2, -0.15) is 0 Å². The van der Waals surface area contributed by atoms with E-state index in [4.69, 9.17) is 0 Å². The minimum Gasteiger partial charge on any atom is -0.350 e. The summed E-state index contributed by atoms with van der Waals surface area (Å²) in [5.41, 5.74) is 1.30. The molecular weight excluding hydrogens is 312 g/mol. The van der Waals surface area contributed by atoms with Gasteiger partial charge in [-0.3, -0.25) is 9.78 Å². The minimum atomic E-state index is 0.179. The maximum Gasteiger partial charge on any atom is 0.219 e. The lowest BCUT2D eigenvalue weighted by molar-refractivity contribution is -0.131. The summed E-state index contributed by atoms with van der Waals surface area (Å²) in [5.74, 6) is 1.40. The van der Waals surface area contributed by atoms with Crippen LogP contribution in [-0.2, 0) is 4.79 Å². The molecule has 4 rings (SSSR count). The predicted molar refractivity (Wildman–Crippen MR) is 97.4 cm³/mol. The van der Waals surface area contributed by atoms with E-state index in [1.54, 1.807) is 19.3 Å². The SMILES string of the molecule is CC(=O)N1CCCC[C@H]2[C@@H]1[C@H](c1ccccc1)CN2c1cnccn1. The van der Waals surface area contributed by atoms with E-state index in [1.807, 2.05) is 12.3 Å². The molecule has 1 aromatic carbocycles. The zero-order valence-corrected chi connectivity index (χ0v) is 14.6. The van der Waals surface area contributed by atoms with E-state index in [-0.39, 0.29) is 11.9 Å². The first-order valence-corrected chi connectivity index (χ1v) is 9.10. The van der Waals surface area contributed by atoms with Gasteiger partial charge in [0.1, 0.15) is 5.82 Å². The van der Waals surface area contributed by atoms with Gasteiger partial charge in [0.15, 0.2) is 0 Å². The highest BCUT2D eigenvalue weighted by Gasteiger charge is 2.47. The number of nitrogens with zero attached hydrogens (tertiary/aromatic N) is 4. The summed E-state index contributed by atoms with van der Waals surface area (Å²) in [4.78, 5) is 25.7. The number of hydrogen-bond donors (Lipinski definition) is 0. The van der Waals surface area contributed by atoms with Gasteiger partial charge in [-0.25, -0.2) is 4.98 Å². The molecule has 3 heterocycles. The summed E-state index contributed by atoms with van der Waals surface area (Å²) < 4.78 is 0. The molecular formula is C20H24N4O. The smallest absolute Gasteiger partial charge is 0.219 e. The van der Waals surface area contributed by atoms with Crippen molar-refractivity contribution in [1.29, 1.82) is 0 Å². The van der Waals surface area contributed by atoms with Crippen molar-refractivity contribution in [3.63, 3.8) is 0 Å². The summed E-state index contributed by atoms with van der Waals surface area (Å²) in [6.07, 6.45) is 8.60. The van der Waals surface area contributed by atoms with Crippen molar-refractivity contribution in [1.82, 2.24) is 14.9 Å². The number of likely N-dealkylation sites (tertiary alicyclic amines) is 1. The Hall–Kier alpha value is -2.43. The standard InChI is InChI=1S/C20H24N4O/c1-15(25)23-12-6-5-9-18-20(23)17(16-7-3-2-4-8-16)14-24(18)19-13-21-10-11-22-19/h2-4,7-8,10-11,13,17-18,20H,5-6,9,12,14H2,1H3/t17-,18-,20-/m0/s1. The molecule has 130 valence electrons. The molecule has 2 saturated heterocycles. The Morgan fingerprint density at radius 2 is 2.00 bits per heavy atom. The molecule has 0 bridgehead atoms. The van der Waals surface area contributed by atoms with Crippen molar-refractivity contribution in [3.8, 4) is 0 Å². The van der Waals surface area contributed by atoms with E-state index < -0.39 is 0 Å². The summed E-state index contributed by atoms with van der Waals surface area (Å²) >= 11 is 0. The summed E-state index contributed by atoms with van der Waals surface area (Å²) in [6.45, 7) is 3.44. The van der Waals surface area contributed by atoms with Crippen molar-refractivity contribution in [3.05, 3.63) is 54.5 Å². The van der Waals surface area contributed by atoms with Crippen LogP contribution < -0.4 is 4.90 Å². The molecule has 2 aromatic rings. The van der Waals surface area contributed by atoms with Crippen LogP contribution in [0.4, 0.5) is 5.82 Å². The maximum atomic E-state index is 12.4. The highest BCUT2D eigenvalue weighted by molar-refractivity contribution is 5.74. The lowest BCUT2D eigenvalue weighted by Gasteiger charge is -2.34. The summed E-state index contributed by atoms with van der Waals surface area (Å²) in [5, 5.41) is 0. The largest absolute Gasteiger partial charge is 0.350 e. The van der Waals surface area contributed by atoms with Crippen molar-refractivity contribution in [2.75, 3.05) is 18.0 Å². The number of carbonyl (C=O) groups excluding carboxylic acids is 1. The highest BCUT2D eigenvalue weighted by atomic mass is 16.2. The number of anilines is 1. The van der Waals surface area contributed by atoms with Crippen LogP contribution in [-0.4, -0.2) is 45.9 Å². The van der Waals surface area contributed by atoms with E-state index in [0.717, 1.165) is 38.2 Å². The van der Waals surface area contributed by atoms with Crippen LogP contribution in [0.15, 0.2) is 48.9 Å². The number of aromatic nitrogens is 2. The molecule has 0 N–H and O–H groups in total. The van der Waals surface area contributed by atoms with Crippen molar-refractivity contribution < 1.29 is 4.79 Å². The minimum absolute atomic E-state index is 0.179. The normalized spacial score (nSPS) is 26.2. The number of carbonyl (C=O) groups is 1. The summed E-state index contributed by atoms with van der Waals surface area (Å²) in [7, 11) is 0. The average molecular weight is 336 g/mol. The molecule has 1 aromatic heterocycles. The molecule has 0 spiro atoms. The van der Waals surface area contributed by atoms with E-state index in [9.17, 15) is 4.79 Å². The van der Waals surface area contributed by atoms with Gasteiger partial charge in [-0.15, -0.1) is 0 Å². The number of benzene rings is 1. The lowest BCUT2D eigenvalue weighted by Crippen LogP contribution is -2.48. The second kappa shape index (κ2) is 6.82. The van der Waals surface area contributed by atoms with Gasteiger partial charge in [0.05, 0.1) is 18.3 Å². The molecule has 2 fully saturated rings. The van der Waals surface area contributed by atoms with E-state index in [0.29, 0.717) is 12.0 Å². The molecule has 2 aliphatic rings. The fraction of sp³-hybridized carbons (Fsp3) is 0.450. The second-order valence-corrected chi connectivity index (χ2v) is 7.00. The van der Waals surface area contributed by atoms with Crippen LogP contribution in [0.25, 0.3) is 0 Å². The van der Waals surface area contributed by atoms with Gasteiger partial charge in [0, 0.05) is 38.3 Å². The van der Waals surface area contributed by atoms with Gasteiger partial charge in [0.2, 0.25) is 5.91 Å². The molecule has 0 unspecified atom stereocenters. The Balaban J connectivity index is 1.77. The monoisotopic (exact) mass is 336 g/mol. The Bertz CT molecular complexity index is 721. The fourth-order valence-electron chi connectivity index (χ4n) is 4.52. The predicted octanol–water partition coefficient (Wildman–Crippen LogP) is 2.85. The Kier molecular flexibility index (Phi) is 4.38. The van der Waals surface area contributed by atoms with Crippen molar-refractivity contribution in [2.24, 2.45) is 0 Å². The molecule has 0 saturated carbocycles.